The van der Waals surface area contributed by atoms with Crippen molar-refractivity contribution in [3.8, 4) is 0 Å². The number of urea groups is 1. The Morgan fingerprint density at radius 3 is 2.36 bits per heavy atom. The van der Waals surface area contributed by atoms with Crippen molar-refractivity contribution in [1.82, 2.24) is 15.1 Å². The molecule has 8 nitrogen and oxygen atoms in total. The summed E-state index contributed by atoms with van der Waals surface area (Å²) < 4.78 is 4.95. The maximum Gasteiger partial charge on any atom is 0.329 e. The molecule has 0 spiro atoms. The Labute approximate surface area is 145 Å². The van der Waals surface area contributed by atoms with Crippen molar-refractivity contribution in [2.45, 2.75) is 37.6 Å². The first kappa shape index (κ1) is 17.3. The van der Waals surface area contributed by atoms with Gasteiger partial charge in [0.05, 0.1) is 11.8 Å². The number of nitrogens with one attached hydrogen (secondary N) is 1. The zero-order valence-electron chi connectivity index (χ0n) is 14.1. The lowest BCUT2D eigenvalue weighted by atomic mass is 9.98. The van der Waals surface area contributed by atoms with Crippen LogP contribution in [0.3, 0.4) is 0 Å². The van der Waals surface area contributed by atoms with E-state index in [4.69, 9.17) is 4.42 Å². The van der Waals surface area contributed by atoms with Gasteiger partial charge < -0.3 is 24.6 Å². The Balaban J connectivity index is 1.60. The first-order valence-corrected chi connectivity index (χ1v) is 8.64. The number of rotatable bonds is 3. The van der Waals surface area contributed by atoms with Gasteiger partial charge in [-0.15, -0.1) is 0 Å². The Bertz CT molecular complexity index is 637. The third-order valence-corrected chi connectivity index (χ3v) is 5.05. The number of nitrogens with zero attached hydrogens (tertiary/aromatic N) is 2. The summed E-state index contributed by atoms with van der Waals surface area (Å²) in [6.07, 6.45) is 6.06. The molecule has 0 bridgehead atoms. The summed E-state index contributed by atoms with van der Waals surface area (Å²) >= 11 is 0. The maximum atomic E-state index is 12.6. The highest BCUT2D eigenvalue weighted by Gasteiger charge is 2.43. The summed E-state index contributed by atoms with van der Waals surface area (Å²) in [5, 5.41) is 12.2. The Hall–Kier alpha value is -2.51. The van der Waals surface area contributed by atoms with Crippen molar-refractivity contribution in [1.29, 1.82) is 0 Å². The van der Waals surface area contributed by atoms with E-state index in [0.717, 1.165) is 12.8 Å². The van der Waals surface area contributed by atoms with E-state index in [1.165, 1.54) is 12.5 Å². The Morgan fingerprint density at radius 2 is 1.72 bits per heavy atom. The summed E-state index contributed by atoms with van der Waals surface area (Å²) in [5.74, 6) is -1.08. The molecular weight excluding hydrogens is 326 g/mol. The van der Waals surface area contributed by atoms with Crippen LogP contribution in [-0.4, -0.2) is 64.5 Å². The second kappa shape index (κ2) is 7.16. The number of aliphatic carboxylic acids is 1. The Morgan fingerprint density at radius 1 is 1.04 bits per heavy atom. The van der Waals surface area contributed by atoms with Crippen LogP contribution in [0, 0.1) is 0 Å². The fourth-order valence-electron chi connectivity index (χ4n) is 3.55. The molecule has 1 aromatic heterocycles. The van der Waals surface area contributed by atoms with Gasteiger partial charge in [-0.3, -0.25) is 4.79 Å². The van der Waals surface area contributed by atoms with E-state index in [1.807, 2.05) is 0 Å². The third-order valence-electron chi connectivity index (χ3n) is 5.05. The molecular formula is C17H23N3O5. The smallest absolute Gasteiger partial charge is 0.329 e. The van der Waals surface area contributed by atoms with E-state index in [-0.39, 0.29) is 11.9 Å². The van der Waals surface area contributed by atoms with Crippen LogP contribution >= 0.6 is 0 Å². The van der Waals surface area contributed by atoms with Crippen molar-refractivity contribution in [2.75, 3.05) is 26.2 Å². The molecule has 1 aromatic rings. The van der Waals surface area contributed by atoms with Crippen molar-refractivity contribution in [2.24, 2.45) is 0 Å². The van der Waals surface area contributed by atoms with Crippen molar-refractivity contribution >= 4 is 17.9 Å². The highest BCUT2D eigenvalue weighted by molar-refractivity contribution is 5.94. The molecule has 1 saturated heterocycles. The molecule has 3 amide bonds. The molecule has 2 N–H and O–H groups in total. The fourth-order valence-corrected chi connectivity index (χ4v) is 3.55. The second-order valence-electron chi connectivity index (χ2n) is 6.67. The molecule has 0 aromatic carbocycles. The summed E-state index contributed by atoms with van der Waals surface area (Å²) in [5.41, 5.74) is -0.649. The standard InChI is InChI=1S/C17H23N3O5/c21-14(13-4-11-25-12-13)19-7-3-8-20(10-9-19)16(24)18-17(15(22)23)5-1-2-6-17/h4,11-12H,1-3,5-10H2,(H,18,24)(H,22,23). The number of hydrogen-bond acceptors (Lipinski definition) is 4. The highest BCUT2D eigenvalue weighted by atomic mass is 16.4. The van der Waals surface area contributed by atoms with E-state index in [9.17, 15) is 19.5 Å². The minimum absolute atomic E-state index is 0.117. The molecule has 0 radical (unpaired) electrons. The average Bonchev–Trinajstić information content (AvgIpc) is 3.22. The number of hydrogen-bond donors (Lipinski definition) is 2. The normalized spacial score (nSPS) is 20.2. The minimum Gasteiger partial charge on any atom is -0.480 e. The molecule has 0 atom stereocenters. The van der Waals surface area contributed by atoms with Crippen molar-refractivity contribution in [3.63, 3.8) is 0 Å². The summed E-state index contributed by atoms with van der Waals surface area (Å²) in [4.78, 5) is 39.8. The predicted octanol–water partition coefficient (Wildman–Crippen LogP) is 1.53. The second-order valence-corrected chi connectivity index (χ2v) is 6.67. The largest absolute Gasteiger partial charge is 0.480 e. The van der Waals surface area contributed by atoms with E-state index < -0.39 is 11.5 Å². The molecule has 2 heterocycles. The van der Waals surface area contributed by atoms with Crippen LogP contribution in [0.1, 0.15) is 42.5 Å². The van der Waals surface area contributed by atoms with Crippen LogP contribution in [0.5, 0.6) is 0 Å². The topological polar surface area (TPSA) is 103 Å². The van der Waals surface area contributed by atoms with Gasteiger partial charge in [0, 0.05) is 26.2 Å². The number of furan rings is 1. The van der Waals surface area contributed by atoms with Gasteiger partial charge >= 0.3 is 12.0 Å². The highest BCUT2D eigenvalue weighted by Crippen LogP contribution is 2.30. The van der Waals surface area contributed by atoms with E-state index in [0.29, 0.717) is 51.0 Å². The zero-order valence-corrected chi connectivity index (χ0v) is 14.1. The molecule has 1 aliphatic heterocycles. The predicted molar refractivity (Wildman–Crippen MR) is 88.2 cm³/mol. The van der Waals surface area contributed by atoms with E-state index >= 15 is 0 Å². The number of carbonyl (C=O) groups excluding carboxylic acids is 2. The average molecular weight is 349 g/mol. The summed E-state index contributed by atoms with van der Waals surface area (Å²) in [7, 11) is 0. The lowest BCUT2D eigenvalue weighted by molar-refractivity contribution is -0.144. The number of carboxylic acids is 1. The number of carboxylic acid groups (broad SMARTS) is 1. The van der Waals surface area contributed by atoms with Crippen molar-refractivity contribution < 1.29 is 23.9 Å². The van der Waals surface area contributed by atoms with Gasteiger partial charge in [0.1, 0.15) is 11.8 Å². The quantitative estimate of drug-likeness (QED) is 0.861. The molecule has 25 heavy (non-hydrogen) atoms. The maximum absolute atomic E-state index is 12.6. The van der Waals surface area contributed by atoms with Crippen LogP contribution in [-0.2, 0) is 4.79 Å². The van der Waals surface area contributed by atoms with Gasteiger partial charge in [0.25, 0.3) is 5.91 Å². The monoisotopic (exact) mass is 349 g/mol. The Kier molecular flexibility index (Phi) is 4.96. The van der Waals surface area contributed by atoms with Crippen molar-refractivity contribution in [3.05, 3.63) is 24.2 Å². The number of amides is 3. The SMILES string of the molecule is O=C(NC1(C(=O)O)CCCC1)N1CCCN(C(=O)c2ccoc2)CC1. The van der Waals surface area contributed by atoms with Gasteiger partial charge in [-0.2, -0.15) is 0 Å². The van der Waals surface area contributed by atoms with Crippen LogP contribution in [0.2, 0.25) is 0 Å². The molecule has 0 unspecified atom stereocenters. The molecule has 3 rings (SSSR count). The van der Waals surface area contributed by atoms with Crippen LogP contribution in [0.15, 0.2) is 23.0 Å². The van der Waals surface area contributed by atoms with Gasteiger partial charge in [-0.1, -0.05) is 12.8 Å². The summed E-state index contributed by atoms with van der Waals surface area (Å²) in [6.45, 7) is 1.84. The molecule has 2 aliphatic rings. The van der Waals surface area contributed by atoms with Gasteiger partial charge in [-0.25, -0.2) is 9.59 Å². The van der Waals surface area contributed by atoms with Crippen LogP contribution < -0.4 is 5.32 Å². The lowest BCUT2D eigenvalue weighted by Gasteiger charge is -2.30. The van der Waals surface area contributed by atoms with Crippen LogP contribution in [0.4, 0.5) is 4.79 Å². The van der Waals surface area contributed by atoms with E-state index in [1.54, 1.807) is 15.9 Å². The first-order chi connectivity index (χ1) is 12.0. The minimum atomic E-state index is -1.14. The molecule has 136 valence electrons. The molecule has 2 fully saturated rings. The molecule has 1 aliphatic carbocycles. The summed E-state index contributed by atoms with van der Waals surface area (Å²) in [6, 6.07) is 1.26. The molecule has 8 heteroatoms. The van der Waals surface area contributed by atoms with Crippen LogP contribution in [0.25, 0.3) is 0 Å². The lowest BCUT2D eigenvalue weighted by Crippen LogP contribution is -2.56. The first-order valence-electron chi connectivity index (χ1n) is 8.64. The van der Waals surface area contributed by atoms with Gasteiger partial charge in [0.2, 0.25) is 0 Å². The third kappa shape index (κ3) is 3.62. The van der Waals surface area contributed by atoms with Gasteiger partial charge in [-0.05, 0) is 25.3 Å². The van der Waals surface area contributed by atoms with Gasteiger partial charge in [0.15, 0.2) is 0 Å². The fraction of sp³-hybridized carbons (Fsp3) is 0.588. The molecule has 1 saturated carbocycles. The number of carbonyl (C=O) groups is 3. The zero-order chi connectivity index (χ0) is 17.9. The van der Waals surface area contributed by atoms with E-state index in [2.05, 4.69) is 5.32 Å².